The van der Waals surface area contributed by atoms with Crippen LogP contribution in [0.15, 0.2) is 52.9 Å². The van der Waals surface area contributed by atoms with Crippen molar-refractivity contribution in [3.8, 4) is 22.5 Å². The quantitative estimate of drug-likeness (QED) is 0.687. The number of amidine groups is 1. The Hall–Kier alpha value is -2.97. The van der Waals surface area contributed by atoms with Crippen LogP contribution in [0.4, 0.5) is 5.82 Å². The van der Waals surface area contributed by atoms with Gasteiger partial charge >= 0.3 is 10.2 Å². The molecule has 0 radical (unpaired) electrons. The van der Waals surface area contributed by atoms with Gasteiger partial charge in [0, 0.05) is 16.1 Å². The van der Waals surface area contributed by atoms with Crippen molar-refractivity contribution < 1.29 is 8.42 Å². The average molecular weight is 400 g/mol. The number of anilines is 1. The first-order valence-corrected chi connectivity index (χ1v) is 9.78. The topological polar surface area (TPSA) is 110 Å². The van der Waals surface area contributed by atoms with Crippen LogP contribution in [0.1, 0.15) is 11.3 Å². The predicted octanol–water partition coefficient (Wildman–Crippen LogP) is 3.15. The number of fused-ring (bicyclic) bond motifs is 1. The van der Waals surface area contributed by atoms with E-state index in [1.807, 2.05) is 43.3 Å². The van der Waals surface area contributed by atoms with Gasteiger partial charge in [0.25, 0.3) is 0 Å². The van der Waals surface area contributed by atoms with Crippen LogP contribution in [0.25, 0.3) is 22.5 Å². The average Bonchev–Trinajstić information content (AvgIpc) is 2.61. The Bertz CT molecular complexity index is 1170. The van der Waals surface area contributed by atoms with Crippen molar-refractivity contribution in [3.05, 3.63) is 64.8 Å². The van der Waals surface area contributed by atoms with Gasteiger partial charge in [-0.25, -0.2) is 14.7 Å². The molecule has 136 valence electrons. The molecule has 0 amide bonds. The molecule has 3 N–H and O–H groups in total. The number of benzene rings is 2. The van der Waals surface area contributed by atoms with Gasteiger partial charge in [0.2, 0.25) is 0 Å². The molecular weight excluding hydrogens is 386 g/mol. The maximum atomic E-state index is 11.8. The van der Waals surface area contributed by atoms with Crippen LogP contribution in [0.3, 0.4) is 0 Å². The summed E-state index contributed by atoms with van der Waals surface area (Å²) in [6.45, 7) is 1.98. The SMILES string of the molecule is Cc1ccc(-c2nc3c(nc2-c2ccc(Cl)cc2)C(N)=NS(=O)(=O)N3)cc1. The standard InChI is InChI=1S/C18H14ClN5O2S/c1-10-2-4-11(5-3-10)15-14(12-6-8-13(19)9-7-12)21-16-17(20)23-27(25,26)24-18(16)22-15/h2-9H,1H3,(H2,20,23)(H,22,24). The molecule has 4 rings (SSSR count). The number of aromatic nitrogens is 2. The number of halogens is 1. The van der Waals surface area contributed by atoms with E-state index >= 15 is 0 Å². The molecule has 0 bridgehead atoms. The van der Waals surface area contributed by atoms with Gasteiger partial charge in [-0.2, -0.15) is 8.42 Å². The monoisotopic (exact) mass is 399 g/mol. The number of nitrogens with one attached hydrogen (secondary N) is 1. The van der Waals surface area contributed by atoms with Gasteiger partial charge in [-0.1, -0.05) is 53.6 Å². The third kappa shape index (κ3) is 3.36. The van der Waals surface area contributed by atoms with Crippen LogP contribution >= 0.6 is 11.6 Å². The Morgan fingerprint density at radius 2 is 1.44 bits per heavy atom. The van der Waals surface area contributed by atoms with E-state index in [-0.39, 0.29) is 17.3 Å². The van der Waals surface area contributed by atoms with Crippen LogP contribution in [-0.2, 0) is 10.2 Å². The molecule has 0 fully saturated rings. The lowest BCUT2D eigenvalue weighted by Crippen LogP contribution is -2.28. The van der Waals surface area contributed by atoms with E-state index in [1.165, 1.54) is 0 Å². The fourth-order valence-corrected chi connectivity index (χ4v) is 3.63. The van der Waals surface area contributed by atoms with Crippen LogP contribution in [0, 0.1) is 6.92 Å². The zero-order valence-electron chi connectivity index (χ0n) is 14.1. The highest BCUT2D eigenvalue weighted by Crippen LogP contribution is 2.33. The highest BCUT2D eigenvalue weighted by molar-refractivity contribution is 7.91. The molecule has 0 saturated carbocycles. The zero-order valence-corrected chi connectivity index (χ0v) is 15.7. The van der Waals surface area contributed by atoms with E-state index in [2.05, 4.69) is 19.1 Å². The number of nitrogens with two attached hydrogens (primary N) is 1. The molecule has 7 nitrogen and oxygen atoms in total. The van der Waals surface area contributed by atoms with Gasteiger partial charge in [-0.05, 0) is 19.1 Å². The largest absolute Gasteiger partial charge is 0.381 e. The molecule has 0 saturated heterocycles. The van der Waals surface area contributed by atoms with Gasteiger partial charge < -0.3 is 5.73 Å². The Morgan fingerprint density at radius 3 is 2.07 bits per heavy atom. The van der Waals surface area contributed by atoms with Crippen LogP contribution < -0.4 is 10.5 Å². The van der Waals surface area contributed by atoms with Crippen LogP contribution in [0.5, 0.6) is 0 Å². The minimum absolute atomic E-state index is 0.0517. The summed E-state index contributed by atoms with van der Waals surface area (Å²) >= 11 is 5.99. The summed E-state index contributed by atoms with van der Waals surface area (Å²) in [4.78, 5) is 9.08. The summed E-state index contributed by atoms with van der Waals surface area (Å²) in [5, 5.41) is 0.593. The normalized spacial score (nSPS) is 14.8. The molecule has 2 aromatic carbocycles. The third-order valence-electron chi connectivity index (χ3n) is 4.03. The molecule has 0 spiro atoms. The summed E-state index contributed by atoms with van der Waals surface area (Å²) in [6, 6.07) is 14.8. The molecule has 1 aliphatic rings. The van der Waals surface area contributed by atoms with Crippen molar-refractivity contribution in [2.75, 3.05) is 4.72 Å². The van der Waals surface area contributed by atoms with Crippen molar-refractivity contribution in [1.29, 1.82) is 0 Å². The van der Waals surface area contributed by atoms with E-state index in [0.29, 0.717) is 16.4 Å². The van der Waals surface area contributed by atoms with Gasteiger partial charge in [-0.15, -0.1) is 4.40 Å². The lowest BCUT2D eigenvalue weighted by atomic mass is 10.0. The first kappa shape index (κ1) is 17.4. The van der Waals surface area contributed by atoms with Crippen molar-refractivity contribution in [2.45, 2.75) is 6.92 Å². The second-order valence-corrected chi connectivity index (χ2v) is 7.82. The Labute approximate surface area is 161 Å². The molecule has 27 heavy (non-hydrogen) atoms. The Balaban J connectivity index is 1.99. The number of hydrogen-bond acceptors (Lipinski definition) is 5. The fourth-order valence-electron chi connectivity index (χ4n) is 2.72. The fraction of sp³-hybridized carbons (Fsp3) is 0.0556. The first-order chi connectivity index (χ1) is 12.8. The number of hydrogen-bond donors (Lipinski definition) is 2. The highest BCUT2D eigenvalue weighted by atomic mass is 35.5. The maximum absolute atomic E-state index is 11.8. The Kier molecular flexibility index (Phi) is 4.09. The molecule has 2 heterocycles. The van der Waals surface area contributed by atoms with Crippen molar-refractivity contribution in [3.63, 3.8) is 0 Å². The number of nitrogens with zero attached hydrogens (tertiary/aromatic N) is 3. The van der Waals surface area contributed by atoms with E-state index < -0.39 is 10.2 Å². The second-order valence-electron chi connectivity index (χ2n) is 6.04. The van der Waals surface area contributed by atoms with E-state index in [4.69, 9.17) is 17.3 Å². The molecule has 0 atom stereocenters. The highest BCUT2D eigenvalue weighted by Gasteiger charge is 2.26. The molecular formula is C18H14ClN5O2S. The summed E-state index contributed by atoms with van der Waals surface area (Å²) in [6.07, 6.45) is 0. The van der Waals surface area contributed by atoms with Crippen molar-refractivity contribution >= 4 is 33.5 Å². The van der Waals surface area contributed by atoms with Gasteiger partial charge in [-0.3, -0.25) is 0 Å². The number of aryl methyl sites for hydroxylation is 1. The lowest BCUT2D eigenvalue weighted by molar-refractivity contribution is 0.602. The molecule has 9 heteroatoms. The van der Waals surface area contributed by atoms with Crippen LogP contribution in [-0.4, -0.2) is 24.2 Å². The number of rotatable bonds is 2. The molecule has 1 aromatic heterocycles. The summed E-state index contributed by atoms with van der Waals surface area (Å²) in [7, 11) is -3.94. The molecule has 0 aliphatic carbocycles. The zero-order chi connectivity index (χ0) is 19.2. The minimum atomic E-state index is -3.94. The maximum Gasteiger partial charge on any atom is 0.345 e. The summed E-state index contributed by atoms with van der Waals surface area (Å²) < 4.78 is 29.4. The van der Waals surface area contributed by atoms with E-state index in [9.17, 15) is 8.42 Å². The van der Waals surface area contributed by atoms with Crippen molar-refractivity contribution in [2.24, 2.45) is 10.1 Å². The summed E-state index contributed by atoms with van der Waals surface area (Å²) in [5.41, 5.74) is 9.72. The summed E-state index contributed by atoms with van der Waals surface area (Å²) in [5.74, 6) is -0.155. The van der Waals surface area contributed by atoms with E-state index in [1.54, 1.807) is 12.1 Å². The van der Waals surface area contributed by atoms with Gasteiger partial charge in [0.1, 0.15) is 0 Å². The smallest absolute Gasteiger partial charge is 0.345 e. The second kappa shape index (κ2) is 6.33. The molecule has 0 unspecified atom stereocenters. The van der Waals surface area contributed by atoms with Gasteiger partial charge in [0.15, 0.2) is 17.3 Å². The lowest BCUT2D eigenvalue weighted by Gasteiger charge is -2.18. The van der Waals surface area contributed by atoms with Gasteiger partial charge in [0.05, 0.1) is 11.4 Å². The molecule has 1 aliphatic heterocycles. The third-order valence-corrected chi connectivity index (χ3v) is 5.17. The predicted molar refractivity (Wildman–Crippen MR) is 106 cm³/mol. The first-order valence-electron chi connectivity index (χ1n) is 7.96. The van der Waals surface area contributed by atoms with Crippen LogP contribution in [0.2, 0.25) is 5.02 Å². The Morgan fingerprint density at radius 1 is 0.889 bits per heavy atom. The minimum Gasteiger partial charge on any atom is -0.381 e. The van der Waals surface area contributed by atoms with E-state index in [0.717, 1.165) is 16.7 Å². The molecule has 3 aromatic rings. The van der Waals surface area contributed by atoms with Crippen molar-refractivity contribution in [1.82, 2.24) is 9.97 Å².